The molecule has 3 aliphatic carbocycles. The number of hydrogen-bond acceptors (Lipinski definition) is 4. The first-order chi connectivity index (χ1) is 26.5. The summed E-state index contributed by atoms with van der Waals surface area (Å²) in [4.78, 5) is 9.39. The monoisotopic (exact) mass is 720 g/mol. The standard InChI is InChI=1S/C49H44N4S/c1-30-22-26-40-39(28-30)43-41(52(40)34-19-11-6-12-20-34)27-25-37-36-21-13-14-31(2)46(36)53(47(37)43)35-23-24-38-42(29-35)54-48-44(32-15-7-4-8-16-32)50-49(3,51-45(38)48)33-17-9-5-10-18-33/h4-13,15-24,26,29-31,41,43,51H,14,25,27-28H2,1-3H3. The van der Waals surface area contributed by atoms with Crippen LogP contribution < -0.4 is 10.2 Å². The van der Waals surface area contributed by atoms with Crippen LogP contribution in [-0.4, -0.2) is 16.3 Å². The first-order valence-electron chi connectivity index (χ1n) is 19.7. The van der Waals surface area contributed by atoms with E-state index in [1.54, 1.807) is 11.1 Å². The Hall–Kier alpha value is -5.39. The molecule has 0 fully saturated rings. The van der Waals surface area contributed by atoms with Gasteiger partial charge in [0.05, 0.1) is 16.3 Å². The third-order valence-corrected chi connectivity index (χ3v) is 13.9. The van der Waals surface area contributed by atoms with Gasteiger partial charge in [-0.15, -0.1) is 11.3 Å². The molecular formula is C49H44N4S. The first kappa shape index (κ1) is 32.1. The van der Waals surface area contributed by atoms with Gasteiger partial charge in [0.15, 0.2) is 5.66 Å². The molecule has 1 N–H and O–H groups in total. The minimum atomic E-state index is -0.592. The molecule has 4 aromatic carbocycles. The molecule has 2 aliphatic heterocycles. The van der Waals surface area contributed by atoms with Crippen molar-refractivity contribution in [3.63, 3.8) is 0 Å². The van der Waals surface area contributed by atoms with Crippen LogP contribution in [0.15, 0.2) is 144 Å². The minimum Gasteiger partial charge on any atom is -0.356 e. The average Bonchev–Trinajstić information content (AvgIpc) is 3.86. The Kier molecular flexibility index (Phi) is 7.16. The van der Waals surface area contributed by atoms with E-state index in [4.69, 9.17) is 4.99 Å². The van der Waals surface area contributed by atoms with E-state index in [1.807, 2.05) is 11.3 Å². The number of aromatic nitrogens is 1. The molecule has 5 atom stereocenters. The highest BCUT2D eigenvalue weighted by Gasteiger charge is 2.48. The maximum atomic E-state index is 5.49. The fourth-order valence-electron chi connectivity index (χ4n) is 10.3. The number of para-hydroxylation sites is 1. The summed E-state index contributed by atoms with van der Waals surface area (Å²) in [5.41, 5.74) is 15.7. The van der Waals surface area contributed by atoms with Crippen molar-refractivity contribution in [2.45, 2.75) is 70.0 Å². The highest BCUT2D eigenvalue weighted by atomic mass is 32.1. The van der Waals surface area contributed by atoms with Gasteiger partial charge in [0, 0.05) is 62.0 Å². The Labute approximate surface area is 321 Å². The third-order valence-electron chi connectivity index (χ3n) is 12.7. The van der Waals surface area contributed by atoms with Gasteiger partial charge in [-0.05, 0) is 97.2 Å². The summed E-state index contributed by atoms with van der Waals surface area (Å²) in [6.45, 7) is 7.03. The molecule has 0 bridgehead atoms. The van der Waals surface area contributed by atoms with Crippen LogP contribution in [0, 0.1) is 5.92 Å². The van der Waals surface area contributed by atoms with Crippen molar-refractivity contribution in [1.82, 2.24) is 4.57 Å². The predicted octanol–water partition coefficient (Wildman–Crippen LogP) is 12.1. The van der Waals surface area contributed by atoms with Crippen LogP contribution >= 0.6 is 11.3 Å². The summed E-state index contributed by atoms with van der Waals surface area (Å²) in [6, 6.07) is 40.2. The second-order valence-electron chi connectivity index (χ2n) is 16.2. The van der Waals surface area contributed by atoms with Gasteiger partial charge in [-0.1, -0.05) is 111 Å². The van der Waals surface area contributed by atoms with Gasteiger partial charge < -0.3 is 14.8 Å². The number of nitrogens with zero attached hydrogens (tertiary/aromatic N) is 3. The van der Waals surface area contributed by atoms with E-state index < -0.39 is 5.66 Å². The topological polar surface area (TPSA) is 32.6 Å². The fraction of sp³-hybridized carbons (Fsp3) is 0.245. The molecule has 0 saturated heterocycles. The maximum Gasteiger partial charge on any atom is 0.153 e. The van der Waals surface area contributed by atoms with Gasteiger partial charge in [0.2, 0.25) is 0 Å². The first-order valence-corrected chi connectivity index (χ1v) is 20.5. The largest absolute Gasteiger partial charge is 0.356 e. The molecule has 5 aliphatic rings. The van der Waals surface area contributed by atoms with E-state index >= 15 is 0 Å². The average molecular weight is 721 g/mol. The molecular weight excluding hydrogens is 677 g/mol. The quantitative estimate of drug-likeness (QED) is 0.197. The number of fused-ring (bicyclic) bond motifs is 9. The lowest BCUT2D eigenvalue weighted by atomic mass is 9.76. The summed E-state index contributed by atoms with van der Waals surface area (Å²) in [5.74, 6) is 1.32. The molecule has 4 heterocycles. The molecule has 0 saturated carbocycles. The van der Waals surface area contributed by atoms with Crippen LogP contribution in [0.4, 0.5) is 11.4 Å². The number of anilines is 2. The van der Waals surface area contributed by atoms with Crippen LogP contribution in [0.2, 0.25) is 0 Å². The van der Waals surface area contributed by atoms with Crippen molar-refractivity contribution in [1.29, 1.82) is 0 Å². The van der Waals surface area contributed by atoms with Crippen molar-refractivity contribution in [2.75, 3.05) is 10.2 Å². The SMILES string of the molecule is CC1C=CC2=C(C1)C1c3c(c4c(n3-c3ccc5c6c(sc5c3)C(c3ccccc3)=NC(C)(c3ccccc3)N6)C(C)CC=C4)CCC1N2c1ccccc1. The van der Waals surface area contributed by atoms with Crippen molar-refractivity contribution in [3.8, 4) is 5.69 Å². The van der Waals surface area contributed by atoms with Crippen LogP contribution in [-0.2, 0) is 12.1 Å². The number of allylic oxidation sites excluding steroid dienone is 3. The zero-order chi connectivity index (χ0) is 36.1. The molecule has 0 amide bonds. The molecule has 5 heteroatoms. The van der Waals surface area contributed by atoms with Crippen molar-refractivity contribution in [3.05, 3.63) is 177 Å². The number of hydrogen-bond donors (Lipinski definition) is 1. The lowest BCUT2D eigenvalue weighted by Gasteiger charge is -2.36. The lowest BCUT2D eigenvalue weighted by Crippen LogP contribution is -2.37. The predicted molar refractivity (Wildman–Crippen MR) is 226 cm³/mol. The Bertz CT molecular complexity index is 2590. The number of rotatable bonds is 4. The summed E-state index contributed by atoms with van der Waals surface area (Å²) in [7, 11) is 0. The zero-order valence-electron chi connectivity index (χ0n) is 31.1. The van der Waals surface area contributed by atoms with E-state index in [0.29, 0.717) is 23.8 Å². The molecule has 54 heavy (non-hydrogen) atoms. The third kappa shape index (κ3) is 4.70. The Morgan fingerprint density at radius 2 is 1.59 bits per heavy atom. The van der Waals surface area contributed by atoms with E-state index in [1.165, 1.54) is 54.7 Å². The number of aliphatic imine (C=N–C) groups is 1. The van der Waals surface area contributed by atoms with Crippen LogP contribution in [0.1, 0.15) is 90.4 Å². The Morgan fingerprint density at radius 1 is 0.833 bits per heavy atom. The highest BCUT2D eigenvalue weighted by Crippen LogP contribution is 2.56. The zero-order valence-corrected chi connectivity index (χ0v) is 31.9. The lowest BCUT2D eigenvalue weighted by molar-refractivity contribution is 0.499. The summed E-state index contributed by atoms with van der Waals surface area (Å²) >= 11 is 1.87. The van der Waals surface area contributed by atoms with Crippen LogP contribution in [0.3, 0.4) is 0 Å². The molecule has 4 nitrogen and oxygen atoms in total. The second-order valence-corrected chi connectivity index (χ2v) is 17.2. The van der Waals surface area contributed by atoms with Crippen LogP contribution in [0.25, 0.3) is 21.8 Å². The van der Waals surface area contributed by atoms with E-state index in [0.717, 1.165) is 42.5 Å². The van der Waals surface area contributed by atoms with E-state index in [2.05, 4.69) is 169 Å². The molecule has 0 radical (unpaired) electrons. The van der Waals surface area contributed by atoms with Gasteiger partial charge in [0.25, 0.3) is 0 Å². The number of nitrogens with one attached hydrogen (secondary N) is 1. The Morgan fingerprint density at radius 3 is 2.39 bits per heavy atom. The highest BCUT2D eigenvalue weighted by molar-refractivity contribution is 7.22. The van der Waals surface area contributed by atoms with Gasteiger partial charge >= 0.3 is 0 Å². The van der Waals surface area contributed by atoms with Crippen molar-refractivity contribution >= 4 is 44.6 Å². The second kappa shape index (κ2) is 12.1. The summed E-state index contributed by atoms with van der Waals surface area (Å²) in [6.07, 6.45) is 14.2. The van der Waals surface area contributed by atoms with E-state index in [9.17, 15) is 0 Å². The molecule has 6 aromatic rings. The Balaban J connectivity index is 1.11. The van der Waals surface area contributed by atoms with Crippen molar-refractivity contribution < 1.29 is 0 Å². The fourth-order valence-corrected chi connectivity index (χ4v) is 11.5. The summed E-state index contributed by atoms with van der Waals surface area (Å²) < 4.78 is 4.03. The maximum absolute atomic E-state index is 5.49. The van der Waals surface area contributed by atoms with Gasteiger partial charge in [-0.2, -0.15) is 0 Å². The van der Waals surface area contributed by atoms with Crippen molar-refractivity contribution in [2.24, 2.45) is 10.9 Å². The number of benzene rings is 4. The molecule has 2 aromatic heterocycles. The normalized spacial score (nSPS) is 25.1. The van der Waals surface area contributed by atoms with Gasteiger partial charge in [0.1, 0.15) is 0 Å². The molecule has 5 unspecified atom stereocenters. The summed E-state index contributed by atoms with van der Waals surface area (Å²) in [5, 5.41) is 5.21. The smallest absolute Gasteiger partial charge is 0.153 e. The van der Waals surface area contributed by atoms with Crippen LogP contribution in [0.5, 0.6) is 0 Å². The van der Waals surface area contributed by atoms with E-state index in [-0.39, 0.29) is 0 Å². The van der Waals surface area contributed by atoms with Gasteiger partial charge in [-0.25, -0.2) is 0 Å². The number of thiophene rings is 1. The van der Waals surface area contributed by atoms with Gasteiger partial charge in [-0.3, -0.25) is 4.99 Å². The molecule has 0 spiro atoms. The molecule has 11 rings (SSSR count). The molecule has 266 valence electrons. The minimum absolute atomic E-state index is 0.347.